The summed E-state index contributed by atoms with van der Waals surface area (Å²) in [4.78, 5) is 11.7. The number of nitrogens with zero attached hydrogens (tertiary/aromatic N) is 1. The molecule has 1 N–H and O–H groups in total. The predicted octanol–water partition coefficient (Wildman–Crippen LogP) is 2.98. The molecule has 4 nitrogen and oxygen atoms in total. The zero-order chi connectivity index (χ0) is 15.2. The Kier molecular flexibility index (Phi) is 5.38. The van der Waals surface area contributed by atoms with E-state index in [1.165, 1.54) is 23.9 Å². The van der Waals surface area contributed by atoms with Crippen molar-refractivity contribution in [1.82, 2.24) is 10.5 Å². The number of halogens is 1. The maximum Gasteiger partial charge on any atom is 0.230 e. The second-order valence-corrected chi connectivity index (χ2v) is 5.68. The average molecular weight is 308 g/mol. The van der Waals surface area contributed by atoms with Crippen LogP contribution in [0.5, 0.6) is 0 Å². The largest absolute Gasteiger partial charge is 0.361 e. The number of hydrogen-bond acceptors (Lipinski definition) is 4. The van der Waals surface area contributed by atoms with Gasteiger partial charge in [-0.2, -0.15) is 0 Å². The molecule has 0 aliphatic rings. The molecular formula is C15H17FN2O2S. The van der Waals surface area contributed by atoms with Crippen molar-refractivity contribution in [3.63, 3.8) is 0 Å². The molecule has 0 fully saturated rings. The summed E-state index contributed by atoms with van der Waals surface area (Å²) in [6.07, 6.45) is 0. The maximum atomic E-state index is 12.7. The molecule has 6 heteroatoms. The Labute approximate surface area is 127 Å². The van der Waals surface area contributed by atoms with Gasteiger partial charge in [0, 0.05) is 17.9 Å². The van der Waals surface area contributed by atoms with Crippen LogP contribution in [0.15, 0.2) is 28.8 Å². The summed E-state index contributed by atoms with van der Waals surface area (Å²) in [6, 6.07) is 6.08. The van der Waals surface area contributed by atoms with Crippen LogP contribution in [-0.4, -0.2) is 16.8 Å². The number of nitrogens with one attached hydrogen (secondary N) is 1. The van der Waals surface area contributed by atoms with Crippen LogP contribution in [0.3, 0.4) is 0 Å². The van der Waals surface area contributed by atoms with Gasteiger partial charge in [-0.15, -0.1) is 11.8 Å². The van der Waals surface area contributed by atoms with Crippen molar-refractivity contribution in [1.29, 1.82) is 0 Å². The van der Waals surface area contributed by atoms with Gasteiger partial charge in [0.05, 0.1) is 11.4 Å². The van der Waals surface area contributed by atoms with E-state index in [4.69, 9.17) is 4.52 Å². The summed E-state index contributed by atoms with van der Waals surface area (Å²) in [7, 11) is 0. The minimum atomic E-state index is -0.278. The maximum absolute atomic E-state index is 12.7. The molecule has 0 aliphatic heterocycles. The van der Waals surface area contributed by atoms with Crippen LogP contribution in [0, 0.1) is 19.7 Å². The number of amides is 1. The van der Waals surface area contributed by atoms with Crippen LogP contribution >= 0.6 is 11.8 Å². The molecule has 0 saturated heterocycles. The summed E-state index contributed by atoms with van der Waals surface area (Å²) in [5.74, 6) is 1.54. The van der Waals surface area contributed by atoms with E-state index in [1.54, 1.807) is 12.1 Å². The molecule has 2 rings (SSSR count). The molecule has 1 aromatic carbocycles. The normalized spacial score (nSPS) is 10.6. The molecule has 0 unspecified atom stereocenters. The lowest BCUT2D eigenvalue weighted by Gasteiger charge is -2.05. The number of aromatic nitrogens is 1. The Morgan fingerprint density at radius 3 is 2.67 bits per heavy atom. The summed E-state index contributed by atoms with van der Waals surface area (Å²) in [6.45, 7) is 4.16. The monoisotopic (exact) mass is 308 g/mol. The Morgan fingerprint density at radius 1 is 1.33 bits per heavy atom. The van der Waals surface area contributed by atoms with E-state index in [-0.39, 0.29) is 11.7 Å². The van der Waals surface area contributed by atoms with Crippen molar-refractivity contribution >= 4 is 17.7 Å². The molecule has 1 heterocycles. The van der Waals surface area contributed by atoms with E-state index in [0.717, 1.165) is 22.6 Å². The zero-order valence-electron chi connectivity index (χ0n) is 12.0. The van der Waals surface area contributed by atoms with Gasteiger partial charge >= 0.3 is 0 Å². The fraction of sp³-hybridized carbons (Fsp3) is 0.333. The highest BCUT2D eigenvalue weighted by atomic mass is 32.2. The summed E-state index contributed by atoms with van der Waals surface area (Å²) >= 11 is 1.51. The van der Waals surface area contributed by atoms with Crippen LogP contribution in [0.25, 0.3) is 0 Å². The second kappa shape index (κ2) is 7.26. The lowest BCUT2D eigenvalue weighted by atomic mass is 10.2. The van der Waals surface area contributed by atoms with E-state index < -0.39 is 0 Å². The Bertz CT molecular complexity index is 591. The first-order valence-electron chi connectivity index (χ1n) is 6.57. The number of thioether (sulfide) groups is 1. The molecule has 1 aromatic heterocycles. The molecule has 0 spiro atoms. The Hall–Kier alpha value is -1.82. The van der Waals surface area contributed by atoms with Gasteiger partial charge in [-0.1, -0.05) is 17.3 Å². The third-order valence-corrected chi connectivity index (χ3v) is 4.02. The lowest BCUT2D eigenvalue weighted by molar-refractivity contribution is -0.118. The van der Waals surface area contributed by atoms with Gasteiger partial charge in [-0.25, -0.2) is 4.39 Å². The summed E-state index contributed by atoms with van der Waals surface area (Å²) < 4.78 is 17.8. The first-order chi connectivity index (χ1) is 10.1. The van der Waals surface area contributed by atoms with Crippen LogP contribution < -0.4 is 5.32 Å². The minimum absolute atomic E-state index is 0.0453. The van der Waals surface area contributed by atoms with Crippen molar-refractivity contribution in [2.75, 3.05) is 5.75 Å². The molecule has 0 radical (unpaired) electrons. The van der Waals surface area contributed by atoms with Gasteiger partial charge in [0.25, 0.3) is 0 Å². The van der Waals surface area contributed by atoms with Crippen LogP contribution in [0.4, 0.5) is 4.39 Å². The summed E-state index contributed by atoms with van der Waals surface area (Å²) in [5.41, 5.74) is 2.79. The highest BCUT2D eigenvalue weighted by Crippen LogP contribution is 2.19. The van der Waals surface area contributed by atoms with Crippen molar-refractivity contribution in [2.45, 2.75) is 26.1 Å². The molecule has 0 saturated carbocycles. The molecule has 1 amide bonds. The SMILES string of the molecule is Cc1noc(C)c1CSCC(=O)NCc1ccc(F)cc1. The number of benzene rings is 1. The van der Waals surface area contributed by atoms with E-state index in [0.29, 0.717) is 18.1 Å². The van der Waals surface area contributed by atoms with Crippen LogP contribution in [0.2, 0.25) is 0 Å². The highest BCUT2D eigenvalue weighted by Gasteiger charge is 2.10. The van der Waals surface area contributed by atoms with E-state index in [2.05, 4.69) is 10.5 Å². The molecule has 0 bridgehead atoms. The molecule has 112 valence electrons. The molecule has 21 heavy (non-hydrogen) atoms. The minimum Gasteiger partial charge on any atom is -0.361 e. The van der Waals surface area contributed by atoms with Gasteiger partial charge in [0.15, 0.2) is 0 Å². The lowest BCUT2D eigenvalue weighted by Crippen LogP contribution is -2.24. The van der Waals surface area contributed by atoms with Crippen molar-refractivity contribution in [2.24, 2.45) is 0 Å². The second-order valence-electron chi connectivity index (χ2n) is 4.70. The number of rotatable bonds is 6. The summed E-state index contributed by atoms with van der Waals surface area (Å²) in [5, 5.41) is 6.68. The highest BCUT2D eigenvalue weighted by molar-refractivity contribution is 7.99. The first kappa shape index (κ1) is 15.6. The number of carbonyl (C=O) groups is 1. The molecule has 0 atom stereocenters. The van der Waals surface area contributed by atoms with Crippen LogP contribution in [0.1, 0.15) is 22.6 Å². The fourth-order valence-corrected chi connectivity index (χ4v) is 2.81. The quantitative estimate of drug-likeness (QED) is 0.891. The van der Waals surface area contributed by atoms with Crippen molar-refractivity contribution in [3.8, 4) is 0 Å². The molecular weight excluding hydrogens is 291 g/mol. The average Bonchev–Trinajstić information content (AvgIpc) is 2.78. The fourth-order valence-electron chi connectivity index (χ4n) is 1.81. The van der Waals surface area contributed by atoms with Crippen LogP contribution in [-0.2, 0) is 17.1 Å². The number of carbonyl (C=O) groups excluding carboxylic acids is 1. The molecule has 0 aliphatic carbocycles. The van der Waals surface area contributed by atoms with Gasteiger partial charge in [0.1, 0.15) is 11.6 Å². The van der Waals surface area contributed by atoms with E-state index in [1.807, 2.05) is 13.8 Å². The topological polar surface area (TPSA) is 55.1 Å². The standard InChI is InChI=1S/C15H17FN2O2S/c1-10-14(11(2)20-18-10)8-21-9-15(19)17-7-12-3-5-13(16)6-4-12/h3-6H,7-9H2,1-2H3,(H,17,19). The molecule has 2 aromatic rings. The number of hydrogen-bond donors (Lipinski definition) is 1. The van der Waals surface area contributed by atoms with E-state index in [9.17, 15) is 9.18 Å². The first-order valence-corrected chi connectivity index (χ1v) is 7.72. The smallest absolute Gasteiger partial charge is 0.230 e. The third kappa shape index (κ3) is 4.60. The third-order valence-electron chi connectivity index (χ3n) is 3.06. The van der Waals surface area contributed by atoms with Gasteiger partial charge < -0.3 is 9.84 Å². The Morgan fingerprint density at radius 2 is 2.05 bits per heavy atom. The van der Waals surface area contributed by atoms with Crippen molar-refractivity contribution < 1.29 is 13.7 Å². The van der Waals surface area contributed by atoms with Gasteiger partial charge in [-0.05, 0) is 31.5 Å². The number of aryl methyl sites for hydroxylation is 2. The van der Waals surface area contributed by atoms with E-state index >= 15 is 0 Å². The zero-order valence-corrected chi connectivity index (χ0v) is 12.8. The van der Waals surface area contributed by atoms with Gasteiger partial charge in [0.2, 0.25) is 5.91 Å². The Balaban J connectivity index is 1.71. The van der Waals surface area contributed by atoms with Gasteiger partial charge in [-0.3, -0.25) is 4.79 Å². The van der Waals surface area contributed by atoms with Crippen molar-refractivity contribution in [3.05, 3.63) is 52.7 Å². The predicted molar refractivity (Wildman–Crippen MR) is 80.4 cm³/mol.